The number of nitrogens with zero attached hydrogens (tertiary/aromatic N) is 2. The molecular weight excluding hydrogens is 234 g/mol. The predicted molar refractivity (Wildman–Crippen MR) is 71.2 cm³/mol. The average molecular weight is 251 g/mol. The number of aromatic nitrogens is 1. The molecule has 4 nitrogen and oxygen atoms in total. The van der Waals surface area contributed by atoms with Gasteiger partial charge in [-0.15, -0.1) is 0 Å². The molecule has 0 saturated carbocycles. The number of thioether (sulfide) groups is 1. The first kappa shape index (κ1) is 13.8. The fourth-order valence-corrected chi connectivity index (χ4v) is 2.13. The Morgan fingerprint density at radius 1 is 1.47 bits per heavy atom. The van der Waals surface area contributed by atoms with Gasteiger partial charge >= 0.3 is 0 Å². The van der Waals surface area contributed by atoms with Crippen molar-refractivity contribution in [3.8, 4) is 6.07 Å². The third kappa shape index (κ3) is 5.57. The number of aryl methyl sites for hydroxylation is 1. The van der Waals surface area contributed by atoms with Gasteiger partial charge in [-0.05, 0) is 31.2 Å². The normalized spacial score (nSPS) is 9.94. The van der Waals surface area contributed by atoms with Crippen LogP contribution in [-0.4, -0.2) is 34.7 Å². The zero-order valence-electron chi connectivity index (χ0n) is 9.94. The minimum atomic E-state index is 0.255. The van der Waals surface area contributed by atoms with Crippen LogP contribution in [0.5, 0.6) is 0 Å². The molecule has 0 amide bonds. The first-order chi connectivity index (χ1) is 8.26. The maximum absolute atomic E-state index is 8.82. The fraction of sp³-hybridized carbons (Fsp3) is 0.500. The lowest BCUT2D eigenvalue weighted by Crippen LogP contribution is -2.07. The number of pyridine rings is 1. The number of anilines is 1. The molecule has 0 unspecified atom stereocenters. The summed E-state index contributed by atoms with van der Waals surface area (Å²) in [7, 11) is 0. The summed E-state index contributed by atoms with van der Waals surface area (Å²) < 4.78 is 0. The molecule has 1 aromatic heterocycles. The zero-order valence-corrected chi connectivity index (χ0v) is 10.8. The second-order valence-corrected chi connectivity index (χ2v) is 4.84. The molecule has 0 saturated heterocycles. The van der Waals surface area contributed by atoms with Gasteiger partial charge in [0.25, 0.3) is 0 Å². The number of hydrogen-bond acceptors (Lipinski definition) is 5. The van der Waals surface area contributed by atoms with Crippen LogP contribution >= 0.6 is 11.8 Å². The molecule has 0 atom stereocenters. The van der Waals surface area contributed by atoms with E-state index in [0.717, 1.165) is 36.0 Å². The fourth-order valence-electron chi connectivity index (χ4n) is 1.34. The van der Waals surface area contributed by atoms with Crippen molar-refractivity contribution in [1.82, 2.24) is 4.98 Å². The van der Waals surface area contributed by atoms with Crippen molar-refractivity contribution in [3.05, 3.63) is 23.4 Å². The van der Waals surface area contributed by atoms with Crippen molar-refractivity contribution in [2.75, 3.05) is 30.0 Å². The van der Waals surface area contributed by atoms with Crippen molar-refractivity contribution in [2.45, 2.75) is 13.3 Å². The highest BCUT2D eigenvalue weighted by atomic mass is 32.2. The lowest BCUT2D eigenvalue weighted by molar-refractivity contribution is 0.296. The van der Waals surface area contributed by atoms with Gasteiger partial charge in [-0.3, -0.25) is 0 Å². The SMILES string of the molecule is Cc1cc(C#N)cc(NCCSCCCO)n1. The van der Waals surface area contributed by atoms with Gasteiger partial charge in [0.05, 0.1) is 11.6 Å². The molecule has 1 aromatic rings. The first-order valence-corrected chi connectivity index (χ1v) is 6.73. The molecule has 0 fully saturated rings. The highest BCUT2D eigenvalue weighted by Gasteiger charge is 1.99. The van der Waals surface area contributed by atoms with Crippen LogP contribution in [0, 0.1) is 18.3 Å². The van der Waals surface area contributed by atoms with Crippen molar-refractivity contribution in [2.24, 2.45) is 0 Å². The van der Waals surface area contributed by atoms with Gasteiger partial charge in [0.15, 0.2) is 0 Å². The lowest BCUT2D eigenvalue weighted by Gasteiger charge is -2.06. The quantitative estimate of drug-likeness (QED) is 0.723. The van der Waals surface area contributed by atoms with E-state index in [1.54, 1.807) is 23.9 Å². The van der Waals surface area contributed by atoms with E-state index >= 15 is 0 Å². The molecular formula is C12H17N3OS. The van der Waals surface area contributed by atoms with Gasteiger partial charge < -0.3 is 10.4 Å². The summed E-state index contributed by atoms with van der Waals surface area (Å²) in [6.45, 7) is 2.95. The summed E-state index contributed by atoms with van der Waals surface area (Å²) in [6, 6.07) is 5.63. The smallest absolute Gasteiger partial charge is 0.127 e. The molecule has 0 aliphatic heterocycles. The Labute approximate surface area is 106 Å². The highest BCUT2D eigenvalue weighted by molar-refractivity contribution is 7.99. The summed E-state index contributed by atoms with van der Waals surface area (Å²) in [6.07, 6.45) is 0.839. The maximum atomic E-state index is 8.82. The van der Waals surface area contributed by atoms with Crippen LogP contribution in [0.2, 0.25) is 0 Å². The standard InChI is InChI=1S/C12H17N3OS/c1-10-7-11(9-13)8-12(15-10)14-3-6-17-5-2-4-16/h7-8,16H,2-6H2,1H3,(H,14,15). The number of aliphatic hydroxyl groups is 1. The Hall–Kier alpha value is -1.25. The predicted octanol–water partition coefficient (Wildman–Crippen LogP) is 1.79. The minimum absolute atomic E-state index is 0.255. The van der Waals surface area contributed by atoms with E-state index in [4.69, 9.17) is 10.4 Å². The molecule has 1 rings (SSSR count). The summed E-state index contributed by atoms with van der Waals surface area (Å²) >= 11 is 1.80. The number of nitriles is 1. The van der Waals surface area contributed by atoms with Crippen LogP contribution in [0.25, 0.3) is 0 Å². The molecule has 0 spiro atoms. The van der Waals surface area contributed by atoms with Crippen molar-refractivity contribution in [3.63, 3.8) is 0 Å². The number of aliphatic hydroxyl groups excluding tert-OH is 1. The number of rotatable bonds is 7. The van der Waals surface area contributed by atoms with Gasteiger partial charge in [0.1, 0.15) is 5.82 Å². The van der Waals surface area contributed by atoms with E-state index in [1.165, 1.54) is 0 Å². The number of nitrogens with one attached hydrogen (secondary N) is 1. The van der Waals surface area contributed by atoms with E-state index in [0.29, 0.717) is 5.56 Å². The minimum Gasteiger partial charge on any atom is -0.396 e. The van der Waals surface area contributed by atoms with Gasteiger partial charge in [-0.1, -0.05) is 0 Å². The highest BCUT2D eigenvalue weighted by Crippen LogP contribution is 2.09. The molecule has 2 N–H and O–H groups in total. The first-order valence-electron chi connectivity index (χ1n) is 5.57. The molecule has 17 heavy (non-hydrogen) atoms. The molecule has 0 aliphatic rings. The topological polar surface area (TPSA) is 68.9 Å². The summed E-state index contributed by atoms with van der Waals surface area (Å²) in [5.41, 5.74) is 1.48. The Balaban J connectivity index is 2.32. The van der Waals surface area contributed by atoms with Crippen LogP contribution in [0.4, 0.5) is 5.82 Å². The zero-order chi connectivity index (χ0) is 12.5. The van der Waals surface area contributed by atoms with Crippen LogP contribution in [0.15, 0.2) is 12.1 Å². The van der Waals surface area contributed by atoms with E-state index in [2.05, 4.69) is 16.4 Å². The van der Waals surface area contributed by atoms with Gasteiger partial charge in [0, 0.05) is 24.6 Å². The molecule has 0 aliphatic carbocycles. The van der Waals surface area contributed by atoms with Crippen LogP contribution < -0.4 is 5.32 Å². The Morgan fingerprint density at radius 3 is 3.00 bits per heavy atom. The molecule has 1 heterocycles. The second-order valence-electron chi connectivity index (χ2n) is 3.61. The Bertz CT molecular complexity index is 390. The van der Waals surface area contributed by atoms with E-state index in [9.17, 15) is 0 Å². The molecule has 92 valence electrons. The monoisotopic (exact) mass is 251 g/mol. The molecule has 0 aromatic carbocycles. The summed E-state index contributed by atoms with van der Waals surface area (Å²) in [5, 5.41) is 20.6. The second kappa shape index (κ2) is 7.93. The lowest BCUT2D eigenvalue weighted by atomic mass is 10.2. The third-order valence-corrected chi connectivity index (χ3v) is 3.15. The Kier molecular flexibility index (Phi) is 6.45. The van der Waals surface area contributed by atoms with Crippen molar-refractivity contribution < 1.29 is 5.11 Å². The van der Waals surface area contributed by atoms with Gasteiger partial charge in [-0.25, -0.2) is 4.98 Å². The Morgan fingerprint density at radius 2 is 2.29 bits per heavy atom. The van der Waals surface area contributed by atoms with Crippen LogP contribution in [0.1, 0.15) is 17.7 Å². The maximum Gasteiger partial charge on any atom is 0.127 e. The largest absolute Gasteiger partial charge is 0.396 e. The van der Waals surface area contributed by atoms with Crippen molar-refractivity contribution in [1.29, 1.82) is 5.26 Å². The van der Waals surface area contributed by atoms with Crippen LogP contribution in [0.3, 0.4) is 0 Å². The van der Waals surface area contributed by atoms with E-state index < -0.39 is 0 Å². The van der Waals surface area contributed by atoms with Crippen molar-refractivity contribution >= 4 is 17.6 Å². The van der Waals surface area contributed by atoms with Gasteiger partial charge in [0.2, 0.25) is 0 Å². The molecule has 0 radical (unpaired) electrons. The van der Waals surface area contributed by atoms with Crippen LogP contribution in [-0.2, 0) is 0 Å². The van der Waals surface area contributed by atoms with E-state index in [1.807, 2.05) is 6.92 Å². The van der Waals surface area contributed by atoms with Gasteiger partial charge in [-0.2, -0.15) is 17.0 Å². The molecule has 5 heteroatoms. The average Bonchev–Trinajstić information content (AvgIpc) is 2.33. The summed E-state index contributed by atoms with van der Waals surface area (Å²) in [5.74, 6) is 2.70. The number of hydrogen-bond donors (Lipinski definition) is 2. The summed E-state index contributed by atoms with van der Waals surface area (Å²) in [4.78, 5) is 4.30. The molecule has 0 bridgehead atoms. The third-order valence-electron chi connectivity index (χ3n) is 2.08. The van der Waals surface area contributed by atoms with E-state index in [-0.39, 0.29) is 6.61 Å².